The SMILES string of the molecule is CC1CCC(C)(NC(=O)CN(C)C(=O)c2cccs2)CC1. The Kier molecular flexibility index (Phi) is 5.04. The smallest absolute Gasteiger partial charge is 0.264 e. The quantitative estimate of drug-likeness (QED) is 0.930. The summed E-state index contributed by atoms with van der Waals surface area (Å²) in [5.41, 5.74) is -0.115. The molecule has 0 aliphatic heterocycles. The Balaban J connectivity index is 1.85. The predicted octanol–water partition coefficient (Wildman–Crippen LogP) is 2.91. The second-order valence-corrected chi connectivity index (χ2v) is 7.38. The molecule has 1 aliphatic rings. The van der Waals surface area contributed by atoms with Crippen molar-refractivity contribution in [1.29, 1.82) is 0 Å². The van der Waals surface area contributed by atoms with Gasteiger partial charge in [-0.3, -0.25) is 9.59 Å². The number of amides is 2. The van der Waals surface area contributed by atoms with Gasteiger partial charge in [0.25, 0.3) is 5.91 Å². The van der Waals surface area contributed by atoms with Crippen LogP contribution in [0.2, 0.25) is 0 Å². The number of carbonyl (C=O) groups is 2. The molecule has 5 heteroatoms. The highest BCUT2D eigenvalue weighted by Gasteiger charge is 2.31. The molecule has 1 fully saturated rings. The molecule has 116 valence electrons. The highest BCUT2D eigenvalue weighted by atomic mass is 32.1. The van der Waals surface area contributed by atoms with Gasteiger partial charge in [0.1, 0.15) is 0 Å². The molecule has 2 rings (SSSR count). The van der Waals surface area contributed by atoms with E-state index < -0.39 is 0 Å². The van der Waals surface area contributed by atoms with E-state index in [1.807, 2.05) is 11.4 Å². The molecule has 1 N–H and O–H groups in total. The van der Waals surface area contributed by atoms with E-state index in [9.17, 15) is 9.59 Å². The molecule has 0 spiro atoms. The van der Waals surface area contributed by atoms with Gasteiger partial charge in [0.05, 0.1) is 11.4 Å². The van der Waals surface area contributed by atoms with Crippen molar-refractivity contribution in [1.82, 2.24) is 10.2 Å². The van der Waals surface area contributed by atoms with Gasteiger partial charge in [-0.1, -0.05) is 13.0 Å². The molecule has 2 amide bonds. The predicted molar refractivity (Wildman–Crippen MR) is 85.5 cm³/mol. The normalized spacial score (nSPS) is 25.4. The van der Waals surface area contributed by atoms with E-state index in [4.69, 9.17) is 0 Å². The zero-order valence-corrected chi connectivity index (χ0v) is 13.8. The molecule has 0 unspecified atom stereocenters. The van der Waals surface area contributed by atoms with Crippen LogP contribution in [0.15, 0.2) is 17.5 Å². The van der Waals surface area contributed by atoms with Gasteiger partial charge in [0.15, 0.2) is 0 Å². The first-order chi connectivity index (χ1) is 9.89. The van der Waals surface area contributed by atoms with Crippen molar-refractivity contribution in [2.45, 2.75) is 45.1 Å². The molecule has 1 saturated carbocycles. The zero-order valence-electron chi connectivity index (χ0n) is 13.0. The molecule has 1 heterocycles. The summed E-state index contributed by atoms with van der Waals surface area (Å²) in [6, 6.07) is 3.63. The first kappa shape index (κ1) is 16.0. The summed E-state index contributed by atoms with van der Waals surface area (Å²) >= 11 is 1.40. The van der Waals surface area contributed by atoms with Crippen molar-refractivity contribution in [3.05, 3.63) is 22.4 Å². The highest BCUT2D eigenvalue weighted by molar-refractivity contribution is 7.12. The van der Waals surface area contributed by atoms with Crippen molar-refractivity contribution < 1.29 is 9.59 Å². The average Bonchev–Trinajstić information content (AvgIpc) is 2.95. The molecule has 0 atom stereocenters. The lowest BCUT2D eigenvalue weighted by molar-refractivity contribution is -0.123. The Morgan fingerprint density at radius 1 is 1.43 bits per heavy atom. The second-order valence-electron chi connectivity index (χ2n) is 6.43. The van der Waals surface area contributed by atoms with Gasteiger partial charge in [0, 0.05) is 12.6 Å². The summed E-state index contributed by atoms with van der Waals surface area (Å²) in [5, 5.41) is 4.98. The van der Waals surface area contributed by atoms with Crippen LogP contribution in [0.1, 0.15) is 49.2 Å². The average molecular weight is 308 g/mol. The molecule has 0 radical (unpaired) electrons. The number of thiophene rings is 1. The van der Waals surface area contributed by atoms with Crippen LogP contribution in [-0.4, -0.2) is 35.8 Å². The minimum Gasteiger partial charge on any atom is -0.349 e. The minimum atomic E-state index is -0.115. The molecule has 0 aromatic carbocycles. The maximum Gasteiger partial charge on any atom is 0.264 e. The first-order valence-electron chi connectivity index (χ1n) is 7.49. The third-order valence-corrected chi connectivity index (χ3v) is 5.14. The Morgan fingerprint density at radius 3 is 2.67 bits per heavy atom. The summed E-state index contributed by atoms with van der Waals surface area (Å²) in [5.74, 6) is 0.583. The van der Waals surface area contributed by atoms with Crippen molar-refractivity contribution in [2.24, 2.45) is 5.92 Å². The number of hydrogen-bond acceptors (Lipinski definition) is 3. The zero-order chi connectivity index (χ0) is 15.5. The lowest BCUT2D eigenvalue weighted by atomic mass is 9.78. The van der Waals surface area contributed by atoms with Crippen molar-refractivity contribution in [3.8, 4) is 0 Å². The van der Waals surface area contributed by atoms with Crippen LogP contribution in [0.4, 0.5) is 0 Å². The van der Waals surface area contributed by atoms with E-state index in [0.717, 1.165) is 31.6 Å². The molecule has 1 aromatic rings. The van der Waals surface area contributed by atoms with Gasteiger partial charge in [-0.2, -0.15) is 0 Å². The van der Waals surface area contributed by atoms with Crippen LogP contribution >= 0.6 is 11.3 Å². The summed E-state index contributed by atoms with van der Waals surface area (Å²) in [6.45, 7) is 4.48. The Labute approximate surface area is 130 Å². The topological polar surface area (TPSA) is 49.4 Å². The Bertz CT molecular complexity index is 490. The fourth-order valence-corrected chi connectivity index (χ4v) is 3.49. The molecular weight excluding hydrogens is 284 g/mol. The van der Waals surface area contributed by atoms with Gasteiger partial charge in [0.2, 0.25) is 5.91 Å². The Hall–Kier alpha value is -1.36. The van der Waals surface area contributed by atoms with Crippen LogP contribution in [0.3, 0.4) is 0 Å². The lowest BCUT2D eigenvalue weighted by Gasteiger charge is -2.37. The van der Waals surface area contributed by atoms with E-state index in [1.54, 1.807) is 13.1 Å². The van der Waals surface area contributed by atoms with Gasteiger partial charge in [-0.05, 0) is 50.0 Å². The molecule has 0 saturated heterocycles. The first-order valence-corrected chi connectivity index (χ1v) is 8.37. The van der Waals surface area contributed by atoms with Gasteiger partial charge < -0.3 is 10.2 Å². The third kappa shape index (κ3) is 4.30. The highest BCUT2D eigenvalue weighted by Crippen LogP contribution is 2.31. The second kappa shape index (κ2) is 6.60. The summed E-state index contributed by atoms with van der Waals surface area (Å²) in [4.78, 5) is 26.4. The van der Waals surface area contributed by atoms with Crippen LogP contribution in [0.5, 0.6) is 0 Å². The molecule has 4 nitrogen and oxygen atoms in total. The number of nitrogens with zero attached hydrogens (tertiary/aromatic N) is 1. The molecule has 1 aliphatic carbocycles. The largest absolute Gasteiger partial charge is 0.349 e. The third-order valence-electron chi connectivity index (χ3n) is 4.28. The van der Waals surface area contributed by atoms with E-state index >= 15 is 0 Å². The molecule has 21 heavy (non-hydrogen) atoms. The van der Waals surface area contributed by atoms with Gasteiger partial charge in [-0.25, -0.2) is 0 Å². The maximum absolute atomic E-state index is 12.2. The minimum absolute atomic E-state index is 0.0699. The van der Waals surface area contributed by atoms with E-state index in [-0.39, 0.29) is 23.9 Å². The van der Waals surface area contributed by atoms with Gasteiger partial charge in [-0.15, -0.1) is 11.3 Å². The standard InChI is InChI=1S/C16H24N2O2S/c1-12-6-8-16(2,9-7-12)17-14(19)11-18(3)15(20)13-5-4-10-21-13/h4-5,10,12H,6-9,11H2,1-3H3,(H,17,19). The van der Waals surface area contributed by atoms with E-state index in [0.29, 0.717) is 4.88 Å². The van der Waals surface area contributed by atoms with Crippen LogP contribution < -0.4 is 5.32 Å². The number of nitrogens with one attached hydrogen (secondary N) is 1. The fourth-order valence-electron chi connectivity index (χ4n) is 2.78. The van der Waals surface area contributed by atoms with Crippen LogP contribution in [-0.2, 0) is 4.79 Å². The van der Waals surface area contributed by atoms with Crippen LogP contribution in [0.25, 0.3) is 0 Å². The van der Waals surface area contributed by atoms with Crippen molar-refractivity contribution >= 4 is 23.2 Å². The summed E-state index contributed by atoms with van der Waals surface area (Å²) in [6.07, 6.45) is 4.34. The Morgan fingerprint density at radius 2 is 2.10 bits per heavy atom. The summed E-state index contributed by atoms with van der Waals surface area (Å²) in [7, 11) is 1.67. The number of likely N-dealkylation sites (N-methyl/N-ethyl adjacent to an activating group) is 1. The summed E-state index contributed by atoms with van der Waals surface area (Å²) < 4.78 is 0. The molecule has 1 aromatic heterocycles. The monoisotopic (exact) mass is 308 g/mol. The molecular formula is C16H24N2O2S. The van der Waals surface area contributed by atoms with Gasteiger partial charge >= 0.3 is 0 Å². The fraction of sp³-hybridized carbons (Fsp3) is 0.625. The van der Waals surface area contributed by atoms with E-state index in [2.05, 4.69) is 19.2 Å². The van der Waals surface area contributed by atoms with Crippen molar-refractivity contribution in [2.75, 3.05) is 13.6 Å². The number of carbonyl (C=O) groups excluding carboxylic acids is 2. The maximum atomic E-state index is 12.2. The van der Waals surface area contributed by atoms with E-state index in [1.165, 1.54) is 16.2 Å². The lowest BCUT2D eigenvalue weighted by Crippen LogP contribution is -2.51. The van der Waals surface area contributed by atoms with Crippen molar-refractivity contribution in [3.63, 3.8) is 0 Å². The van der Waals surface area contributed by atoms with Crippen LogP contribution in [0, 0.1) is 5.92 Å². The molecule has 0 bridgehead atoms. The number of rotatable bonds is 4. The number of hydrogen-bond donors (Lipinski definition) is 1.